The molecular formula is C15H21N3O. The van der Waals surface area contributed by atoms with Gasteiger partial charge in [-0.05, 0) is 19.4 Å². The maximum absolute atomic E-state index is 10.2. The molecule has 19 heavy (non-hydrogen) atoms. The molecule has 4 heteroatoms. The van der Waals surface area contributed by atoms with Crippen LogP contribution in [0, 0.1) is 13.8 Å². The average Bonchev–Trinajstić information content (AvgIpc) is 2.74. The monoisotopic (exact) mass is 259 g/mol. The highest BCUT2D eigenvalue weighted by molar-refractivity contribution is 5.30. The lowest BCUT2D eigenvalue weighted by molar-refractivity contribution is 0.174. The van der Waals surface area contributed by atoms with E-state index < -0.39 is 6.10 Å². The topological polar surface area (TPSA) is 50.1 Å². The Labute approximate surface area is 114 Å². The predicted octanol–water partition coefficient (Wildman–Crippen LogP) is 1.86. The fourth-order valence-corrected chi connectivity index (χ4v) is 2.21. The van der Waals surface area contributed by atoms with Crippen molar-refractivity contribution in [2.75, 3.05) is 6.54 Å². The van der Waals surface area contributed by atoms with Crippen molar-refractivity contribution >= 4 is 0 Å². The van der Waals surface area contributed by atoms with Gasteiger partial charge in [-0.25, -0.2) is 4.98 Å². The summed E-state index contributed by atoms with van der Waals surface area (Å²) in [7, 11) is 1.96. The first-order valence-electron chi connectivity index (χ1n) is 6.49. The van der Waals surface area contributed by atoms with Crippen LogP contribution in [0.3, 0.4) is 0 Å². The molecule has 0 fully saturated rings. The minimum absolute atomic E-state index is 0.487. The number of rotatable bonds is 5. The summed E-state index contributed by atoms with van der Waals surface area (Å²) in [6.45, 7) is 5.27. The summed E-state index contributed by atoms with van der Waals surface area (Å²) >= 11 is 0. The molecule has 1 atom stereocenters. The molecule has 102 valence electrons. The lowest BCUT2D eigenvalue weighted by Crippen LogP contribution is -2.22. The Bertz CT molecular complexity index is 528. The van der Waals surface area contributed by atoms with E-state index in [0.29, 0.717) is 13.1 Å². The van der Waals surface area contributed by atoms with Crippen LogP contribution in [-0.2, 0) is 13.6 Å². The highest BCUT2D eigenvalue weighted by Gasteiger charge is 2.08. The predicted molar refractivity (Wildman–Crippen MR) is 75.8 cm³/mol. The van der Waals surface area contributed by atoms with Gasteiger partial charge in [0.1, 0.15) is 5.82 Å². The van der Waals surface area contributed by atoms with Gasteiger partial charge in [0.15, 0.2) is 0 Å². The first-order chi connectivity index (χ1) is 9.06. The largest absolute Gasteiger partial charge is 0.387 e. The third-order valence-corrected chi connectivity index (χ3v) is 3.17. The summed E-state index contributed by atoms with van der Waals surface area (Å²) in [5.74, 6) is 0.965. The summed E-state index contributed by atoms with van der Waals surface area (Å²) in [4.78, 5) is 4.23. The van der Waals surface area contributed by atoms with Crippen LogP contribution in [0.4, 0.5) is 0 Å². The molecule has 1 unspecified atom stereocenters. The van der Waals surface area contributed by atoms with Crippen LogP contribution >= 0.6 is 0 Å². The number of nitrogens with zero attached hydrogens (tertiary/aromatic N) is 2. The molecule has 1 aromatic heterocycles. The van der Waals surface area contributed by atoms with Crippen LogP contribution in [-0.4, -0.2) is 21.2 Å². The van der Waals surface area contributed by atoms with Crippen molar-refractivity contribution in [2.24, 2.45) is 7.05 Å². The van der Waals surface area contributed by atoms with Crippen LogP contribution in [0.15, 0.2) is 30.6 Å². The van der Waals surface area contributed by atoms with Gasteiger partial charge < -0.3 is 15.0 Å². The van der Waals surface area contributed by atoms with Gasteiger partial charge in [-0.1, -0.05) is 29.3 Å². The van der Waals surface area contributed by atoms with E-state index >= 15 is 0 Å². The van der Waals surface area contributed by atoms with Crippen molar-refractivity contribution in [2.45, 2.75) is 26.5 Å². The van der Waals surface area contributed by atoms with Crippen molar-refractivity contribution in [3.8, 4) is 0 Å². The van der Waals surface area contributed by atoms with E-state index in [1.54, 1.807) is 6.20 Å². The van der Waals surface area contributed by atoms with Gasteiger partial charge in [0.05, 0.1) is 12.6 Å². The van der Waals surface area contributed by atoms with E-state index in [4.69, 9.17) is 0 Å². The second-order valence-electron chi connectivity index (χ2n) is 5.02. The first kappa shape index (κ1) is 13.8. The van der Waals surface area contributed by atoms with E-state index in [2.05, 4.69) is 16.4 Å². The fraction of sp³-hybridized carbons (Fsp3) is 0.400. The Morgan fingerprint density at radius 2 is 1.95 bits per heavy atom. The van der Waals surface area contributed by atoms with Gasteiger partial charge >= 0.3 is 0 Å². The number of aryl methyl sites for hydroxylation is 3. The minimum atomic E-state index is -0.487. The van der Waals surface area contributed by atoms with Crippen LogP contribution in [0.1, 0.15) is 28.6 Å². The van der Waals surface area contributed by atoms with Gasteiger partial charge in [0.25, 0.3) is 0 Å². The van der Waals surface area contributed by atoms with Crippen molar-refractivity contribution in [3.05, 3.63) is 53.1 Å². The molecule has 2 N–H and O–H groups in total. The molecule has 1 heterocycles. The summed E-state index contributed by atoms with van der Waals surface area (Å²) < 4.78 is 1.97. The zero-order chi connectivity index (χ0) is 13.8. The number of benzene rings is 1. The minimum Gasteiger partial charge on any atom is -0.387 e. The standard InChI is InChI=1S/C15H21N3O/c1-11-6-12(2)8-13(7-11)14(19)9-16-10-15-17-4-5-18(15)3/h4-8,14,16,19H,9-10H2,1-3H3. The van der Waals surface area contributed by atoms with Crippen molar-refractivity contribution in [1.82, 2.24) is 14.9 Å². The maximum Gasteiger partial charge on any atom is 0.122 e. The number of imidazole rings is 1. The molecule has 0 saturated carbocycles. The van der Waals surface area contributed by atoms with Gasteiger partial charge in [0, 0.05) is 26.0 Å². The third kappa shape index (κ3) is 3.66. The lowest BCUT2D eigenvalue weighted by Gasteiger charge is -2.13. The van der Waals surface area contributed by atoms with Gasteiger partial charge in [-0.3, -0.25) is 0 Å². The normalized spacial score (nSPS) is 12.6. The zero-order valence-electron chi connectivity index (χ0n) is 11.7. The zero-order valence-corrected chi connectivity index (χ0v) is 11.7. The van der Waals surface area contributed by atoms with Crippen molar-refractivity contribution in [3.63, 3.8) is 0 Å². The Morgan fingerprint density at radius 3 is 2.53 bits per heavy atom. The quantitative estimate of drug-likeness (QED) is 0.861. The summed E-state index contributed by atoms with van der Waals surface area (Å²) in [5.41, 5.74) is 3.32. The fourth-order valence-electron chi connectivity index (χ4n) is 2.21. The molecular weight excluding hydrogens is 238 g/mol. The summed E-state index contributed by atoms with van der Waals surface area (Å²) in [6, 6.07) is 6.16. The number of hydrogen-bond donors (Lipinski definition) is 2. The SMILES string of the molecule is Cc1cc(C)cc(C(O)CNCc2nccn2C)c1. The molecule has 0 aliphatic rings. The smallest absolute Gasteiger partial charge is 0.122 e. The second-order valence-corrected chi connectivity index (χ2v) is 5.02. The van der Waals surface area contributed by atoms with Crippen LogP contribution in [0.25, 0.3) is 0 Å². The molecule has 0 aliphatic heterocycles. The second kappa shape index (κ2) is 5.99. The van der Waals surface area contributed by atoms with Gasteiger partial charge in [0.2, 0.25) is 0 Å². The molecule has 2 aromatic rings. The molecule has 0 bridgehead atoms. The highest BCUT2D eigenvalue weighted by Crippen LogP contribution is 2.16. The van der Waals surface area contributed by atoms with E-state index in [0.717, 1.165) is 11.4 Å². The Morgan fingerprint density at radius 1 is 1.26 bits per heavy atom. The number of aliphatic hydroxyl groups excluding tert-OH is 1. The molecule has 1 aromatic carbocycles. The molecule has 0 saturated heterocycles. The van der Waals surface area contributed by atoms with Crippen LogP contribution in [0.5, 0.6) is 0 Å². The molecule has 4 nitrogen and oxygen atoms in total. The number of nitrogens with one attached hydrogen (secondary N) is 1. The van der Waals surface area contributed by atoms with Gasteiger partial charge in [-0.15, -0.1) is 0 Å². The van der Waals surface area contributed by atoms with E-state index in [1.807, 2.05) is 43.8 Å². The average molecular weight is 259 g/mol. The summed E-state index contributed by atoms with van der Waals surface area (Å²) in [5, 5.41) is 13.4. The molecule has 0 amide bonds. The number of hydrogen-bond acceptors (Lipinski definition) is 3. The third-order valence-electron chi connectivity index (χ3n) is 3.17. The number of aromatic nitrogens is 2. The molecule has 0 radical (unpaired) electrons. The van der Waals surface area contributed by atoms with E-state index in [-0.39, 0.29) is 0 Å². The van der Waals surface area contributed by atoms with Gasteiger partial charge in [-0.2, -0.15) is 0 Å². The Balaban J connectivity index is 1.90. The number of aliphatic hydroxyl groups is 1. The van der Waals surface area contributed by atoms with Crippen molar-refractivity contribution < 1.29 is 5.11 Å². The van der Waals surface area contributed by atoms with Crippen LogP contribution < -0.4 is 5.32 Å². The van der Waals surface area contributed by atoms with E-state index in [1.165, 1.54) is 11.1 Å². The lowest BCUT2D eigenvalue weighted by atomic mass is 10.0. The maximum atomic E-state index is 10.2. The molecule has 0 spiro atoms. The Hall–Kier alpha value is -1.65. The Kier molecular flexibility index (Phi) is 4.35. The molecule has 0 aliphatic carbocycles. The van der Waals surface area contributed by atoms with E-state index in [9.17, 15) is 5.11 Å². The summed E-state index contributed by atoms with van der Waals surface area (Å²) in [6.07, 6.45) is 3.20. The van der Waals surface area contributed by atoms with Crippen LogP contribution in [0.2, 0.25) is 0 Å². The molecule has 2 rings (SSSR count). The first-order valence-corrected chi connectivity index (χ1v) is 6.49. The highest BCUT2D eigenvalue weighted by atomic mass is 16.3. The van der Waals surface area contributed by atoms with Crippen molar-refractivity contribution in [1.29, 1.82) is 0 Å².